The van der Waals surface area contributed by atoms with Gasteiger partial charge in [0.05, 0.1) is 0 Å². The molecule has 2 heteroatoms. The van der Waals surface area contributed by atoms with E-state index < -0.39 is 0 Å². The number of nitrogens with zero attached hydrogens (tertiary/aromatic N) is 1. The maximum atomic E-state index is 5.90. The van der Waals surface area contributed by atoms with Gasteiger partial charge in [-0.1, -0.05) is 5.57 Å². The molecule has 0 spiro atoms. The highest BCUT2D eigenvalue weighted by Crippen LogP contribution is 2.05. The van der Waals surface area contributed by atoms with Crippen LogP contribution < -0.4 is 5.73 Å². The van der Waals surface area contributed by atoms with E-state index in [0.717, 1.165) is 25.8 Å². The molecule has 0 aromatic carbocycles. The molecule has 2 nitrogen and oxygen atoms in total. The van der Waals surface area contributed by atoms with Gasteiger partial charge in [-0.2, -0.15) is 0 Å². The topological polar surface area (TPSA) is 29.3 Å². The standard InChI is InChI=1S/C10H22N2/c1-9(2)5-6-10(11)7-8-12(3)4/h10H,1,5-8,11H2,2-4H3. The van der Waals surface area contributed by atoms with Crippen molar-refractivity contribution in [2.75, 3.05) is 20.6 Å². The Morgan fingerprint density at radius 1 is 1.42 bits per heavy atom. The average Bonchev–Trinajstić information content (AvgIpc) is 1.96. The van der Waals surface area contributed by atoms with E-state index in [1.807, 2.05) is 0 Å². The minimum absolute atomic E-state index is 0.337. The molecule has 0 aliphatic heterocycles. The first-order valence-corrected chi connectivity index (χ1v) is 4.57. The highest BCUT2D eigenvalue weighted by atomic mass is 15.0. The van der Waals surface area contributed by atoms with Crippen LogP contribution in [0.25, 0.3) is 0 Å². The lowest BCUT2D eigenvalue weighted by Crippen LogP contribution is -2.26. The van der Waals surface area contributed by atoms with Gasteiger partial charge in [0.15, 0.2) is 0 Å². The Morgan fingerprint density at radius 3 is 2.42 bits per heavy atom. The molecular formula is C10H22N2. The summed E-state index contributed by atoms with van der Waals surface area (Å²) < 4.78 is 0. The highest BCUT2D eigenvalue weighted by molar-refractivity contribution is 4.88. The van der Waals surface area contributed by atoms with E-state index in [0.29, 0.717) is 6.04 Å². The molecule has 0 radical (unpaired) electrons. The van der Waals surface area contributed by atoms with Crippen LogP contribution in [-0.2, 0) is 0 Å². The van der Waals surface area contributed by atoms with E-state index >= 15 is 0 Å². The van der Waals surface area contributed by atoms with Crippen LogP contribution in [-0.4, -0.2) is 31.6 Å². The van der Waals surface area contributed by atoms with Crippen LogP contribution in [0.1, 0.15) is 26.2 Å². The minimum Gasteiger partial charge on any atom is -0.328 e. The second kappa shape index (κ2) is 6.21. The molecular weight excluding hydrogens is 148 g/mol. The van der Waals surface area contributed by atoms with Crippen LogP contribution in [0.15, 0.2) is 12.2 Å². The fourth-order valence-electron chi connectivity index (χ4n) is 1.00. The molecule has 72 valence electrons. The lowest BCUT2D eigenvalue weighted by atomic mass is 10.1. The summed E-state index contributed by atoms with van der Waals surface area (Å²) in [6, 6.07) is 0.337. The molecule has 0 saturated heterocycles. The Balaban J connectivity index is 3.33. The summed E-state index contributed by atoms with van der Waals surface area (Å²) in [6.45, 7) is 6.99. The summed E-state index contributed by atoms with van der Waals surface area (Å²) in [7, 11) is 4.15. The number of rotatable bonds is 6. The van der Waals surface area contributed by atoms with E-state index in [4.69, 9.17) is 5.73 Å². The summed E-state index contributed by atoms with van der Waals surface area (Å²) in [4.78, 5) is 2.17. The van der Waals surface area contributed by atoms with Gasteiger partial charge in [0, 0.05) is 6.04 Å². The summed E-state index contributed by atoms with van der Waals surface area (Å²) in [5.41, 5.74) is 7.13. The number of hydrogen-bond donors (Lipinski definition) is 1. The quantitative estimate of drug-likeness (QED) is 0.614. The Morgan fingerprint density at radius 2 is 2.00 bits per heavy atom. The highest BCUT2D eigenvalue weighted by Gasteiger charge is 2.02. The smallest absolute Gasteiger partial charge is 0.00540 e. The van der Waals surface area contributed by atoms with Gasteiger partial charge in [-0.05, 0) is 46.8 Å². The van der Waals surface area contributed by atoms with Crippen molar-refractivity contribution in [3.8, 4) is 0 Å². The molecule has 2 N–H and O–H groups in total. The van der Waals surface area contributed by atoms with Gasteiger partial charge in [0.1, 0.15) is 0 Å². The van der Waals surface area contributed by atoms with Crippen LogP contribution in [0, 0.1) is 0 Å². The second-order valence-electron chi connectivity index (χ2n) is 3.85. The fourth-order valence-corrected chi connectivity index (χ4v) is 1.00. The number of allylic oxidation sites excluding steroid dienone is 1. The molecule has 0 saturated carbocycles. The van der Waals surface area contributed by atoms with E-state index in [1.165, 1.54) is 5.57 Å². The third-order valence-corrected chi connectivity index (χ3v) is 1.89. The molecule has 0 aromatic heterocycles. The Hall–Kier alpha value is -0.340. The van der Waals surface area contributed by atoms with E-state index in [2.05, 4.69) is 32.5 Å². The van der Waals surface area contributed by atoms with Crippen LogP contribution in [0.5, 0.6) is 0 Å². The SMILES string of the molecule is C=C(C)CCC(N)CCN(C)C. The van der Waals surface area contributed by atoms with Crippen LogP contribution in [0.4, 0.5) is 0 Å². The molecule has 0 aliphatic rings. The molecule has 1 unspecified atom stereocenters. The summed E-state index contributed by atoms with van der Waals surface area (Å²) in [5, 5.41) is 0. The van der Waals surface area contributed by atoms with Crippen molar-refractivity contribution < 1.29 is 0 Å². The van der Waals surface area contributed by atoms with E-state index in [1.54, 1.807) is 0 Å². The first kappa shape index (κ1) is 11.7. The summed E-state index contributed by atoms with van der Waals surface area (Å²) in [6.07, 6.45) is 3.22. The predicted octanol–water partition coefficient (Wildman–Crippen LogP) is 1.62. The van der Waals surface area contributed by atoms with Crippen molar-refractivity contribution in [2.24, 2.45) is 5.73 Å². The number of hydrogen-bond acceptors (Lipinski definition) is 2. The molecule has 0 rings (SSSR count). The molecule has 0 fully saturated rings. The van der Waals surface area contributed by atoms with Crippen molar-refractivity contribution in [1.29, 1.82) is 0 Å². The summed E-state index contributed by atoms with van der Waals surface area (Å²) >= 11 is 0. The van der Waals surface area contributed by atoms with E-state index in [9.17, 15) is 0 Å². The second-order valence-corrected chi connectivity index (χ2v) is 3.85. The third kappa shape index (κ3) is 7.76. The average molecular weight is 170 g/mol. The first-order valence-electron chi connectivity index (χ1n) is 4.57. The van der Waals surface area contributed by atoms with Gasteiger partial charge in [0.25, 0.3) is 0 Å². The normalized spacial score (nSPS) is 13.4. The molecule has 0 aromatic rings. The lowest BCUT2D eigenvalue weighted by Gasteiger charge is -2.14. The van der Waals surface area contributed by atoms with Crippen molar-refractivity contribution >= 4 is 0 Å². The zero-order chi connectivity index (χ0) is 9.56. The van der Waals surface area contributed by atoms with Gasteiger partial charge in [-0.3, -0.25) is 0 Å². The third-order valence-electron chi connectivity index (χ3n) is 1.89. The molecule has 1 atom stereocenters. The number of nitrogens with two attached hydrogens (primary N) is 1. The molecule has 0 aliphatic carbocycles. The van der Waals surface area contributed by atoms with Gasteiger partial charge in [-0.15, -0.1) is 6.58 Å². The van der Waals surface area contributed by atoms with Gasteiger partial charge >= 0.3 is 0 Å². The maximum Gasteiger partial charge on any atom is 0.00540 e. The molecule has 0 amide bonds. The lowest BCUT2D eigenvalue weighted by molar-refractivity contribution is 0.375. The van der Waals surface area contributed by atoms with E-state index in [-0.39, 0.29) is 0 Å². The fraction of sp³-hybridized carbons (Fsp3) is 0.800. The largest absolute Gasteiger partial charge is 0.328 e. The van der Waals surface area contributed by atoms with Crippen LogP contribution in [0.2, 0.25) is 0 Å². The summed E-state index contributed by atoms with van der Waals surface area (Å²) in [5.74, 6) is 0. The zero-order valence-electron chi connectivity index (χ0n) is 8.64. The van der Waals surface area contributed by atoms with Crippen LogP contribution in [0.3, 0.4) is 0 Å². The molecule has 12 heavy (non-hydrogen) atoms. The monoisotopic (exact) mass is 170 g/mol. The molecule has 0 heterocycles. The Kier molecular flexibility index (Phi) is 6.03. The zero-order valence-corrected chi connectivity index (χ0v) is 8.64. The van der Waals surface area contributed by atoms with Gasteiger partial charge < -0.3 is 10.6 Å². The first-order chi connectivity index (χ1) is 5.52. The maximum absolute atomic E-state index is 5.90. The Bertz CT molecular complexity index is 130. The molecule has 0 bridgehead atoms. The van der Waals surface area contributed by atoms with Gasteiger partial charge in [0.2, 0.25) is 0 Å². The van der Waals surface area contributed by atoms with Crippen molar-refractivity contribution in [3.63, 3.8) is 0 Å². The van der Waals surface area contributed by atoms with Crippen molar-refractivity contribution in [2.45, 2.75) is 32.2 Å². The van der Waals surface area contributed by atoms with Crippen molar-refractivity contribution in [3.05, 3.63) is 12.2 Å². The minimum atomic E-state index is 0.337. The van der Waals surface area contributed by atoms with Crippen molar-refractivity contribution in [1.82, 2.24) is 4.90 Å². The Labute approximate surface area is 76.4 Å². The van der Waals surface area contributed by atoms with Gasteiger partial charge in [-0.25, -0.2) is 0 Å². The predicted molar refractivity (Wildman–Crippen MR) is 55.2 cm³/mol. The van der Waals surface area contributed by atoms with Crippen LogP contribution >= 0.6 is 0 Å².